The Labute approximate surface area is 165 Å². The summed E-state index contributed by atoms with van der Waals surface area (Å²) < 4.78 is 11.4. The molecular formula is C24H50O2. The van der Waals surface area contributed by atoms with Crippen LogP contribution >= 0.6 is 0 Å². The van der Waals surface area contributed by atoms with Gasteiger partial charge in [-0.2, -0.15) is 0 Å². The van der Waals surface area contributed by atoms with E-state index in [0.717, 1.165) is 26.4 Å². The van der Waals surface area contributed by atoms with Gasteiger partial charge in [0.1, 0.15) is 0 Å². The lowest BCUT2D eigenvalue weighted by Crippen LogP contribution is -1.97. The minimum absolute atomic E-state index is 0.976. The first-order valence-corrected chi connectivity index (χ1v) is 12.1. The van der Waals surface area contributed by atoms with Gasteiger partial charge in [0.15, 0.2) is 0 Å². The molecule has 0 N–H and O–H groups in total. The Morgan fingerprint density at radius 3 is 0.808 bits per heavy atom. The third-order valence-electron chi connectivity index (χ3n) is 5.11. The molecule has 2 heteroatoms. The van der Waals surface area contributed by atoms with Gasteiger partial charge in [0, 0.05) is 26.4 Å². The predicted molar refractivity (Wildman–Crippen MR) is 116 cm³/mol. The highest BCUT2D eigenvalue weighted by atomic mass is 16.5. The molecule has 0 aromatic carbocycles. The number of ether oxygens (including phenoxy) is 2. The van der Waals surface area contributed by atoms with E-state index in [1.165, 1.54) is 116 Å². The Bertz CT molecular complexity index is 206. The fourth-order valence-electron chi connectivity index (χ4n) is 3.29. The largest absolute Gasteiger partial charge is 0.381 e. The lowest BCUT2D eigenvalue weighted by molar-refractivity contribution is 0.125. The summed E-state index contributed by atoms with van der Waals surface area (Å²) in [5, 5.41) is 0. The summed E-state index contributed by atoms with van der Waals surface area (Å²) in [6.45, 7) is 8.42. The molecule has 0 atom stereocenters. The molecule has 0 spiro atoms. The van der Waals surface area contributed by atoms with E-state index >= 15 is 0 Å². The van der Waals surface area contributed by atoms with Crippen LogP contribution in [0.1, 0.15) is 129 Å². The lowest BCUT2D eigenvalue weighted by Gasteiger charge is -2.05. The maximum absolute atomic E-state index is 5.69. The summed E-state index contributed by atoms with van der Waals surface area (Å²) in [6, 6.07) is 0. The van der Waals surface area contributed by atoms with Gasteiger partial charge in [-0.05, 0) is 25.7 Å². The third-order valence-corrected chi connectivity index (χ3v) is 5.11. The van der Waals surface area contributed by atoms with Crippen molar-refractivity contribution in [3.05, 3.63) is 0 Å². The highest BCUT2D eigenvalue weighted by molar-refractivity contribution is 4.49. The molecule has 158 valence electrons. The molecule has 2 nitrogen and oxygen atoms in total. The van der Waals surface area contributed by atoms with Gasteiger partial charge < -0.3 is 9.47 Å². The molecule has 0 saturated heterocycles. The molecule has 0 amide bonds. The maximum Gasteiger partial charge on any atom is 0.0466 e. The Kier molecular flexibility index (Phi) is 24.8. The minimum Gasteiger partial charge on any atom is -0.381 e. The van der Waals surface area contributed by atoms with Crippen LogP contribution in [-0.2, 0) is 9.47 Å². The number of hydrogen-bond acceptors (Lipinski definition) is 2. The van der Waals surface area contributed by atoms with Gasteiger partial charge in [0.25, 0.3) is 0 Å². The van der Waals surface area contributed by atoms with Gasteiger partial charge >= 0.3 is 0 Å². The molecule has 0 aliphatic carbocycles. The average Bonchev–Trinajstić information content (AvgIpc) is 2.66. The second kappa shape index (κ2) is 24.9. The first kappa shape index (κ1) is 25.9. The Morgan fingerprint density at radius 2 is 0.538 bits per heavy atom. The van der Waals surface area contributed by atoms with Crippen molar-refractivity contribution >= 4 is 0 Å². The van der Waals surface area contributed by atoms with Crippen LogP contribution in [0.4, 0.5) is 0 Å². The predicted octanol–water partition coefficient (Wildman–Crippen LogP) is 8.08. The molecule has 0 saturated carbocycles. The summed E-state index contributed by atoms with van der Waals surface area (Å²) in [7, 11) is 0. The molecule has 0 aliphatic rings. The SMILES string of the molecule is CCCCCCOCCCCCCCCCCCCOCCCCCC. The number of hydrogen-bond donors (Lipinski definition) is 0. The average molecular weight is 371 g/mol. The summed E-state index contributed by atoms with van der Waals surface area (Å²) in [6.07, 6.45) is 24.2. The molecule has 0 rings (SSSR count). The van der Waals surface area contributed by atoms with E-state index in [4.69, 9.17) is 9.47 Å². The van der Waals surface area contributed by atoms with Crippen molar-refractivity contribution in [2.24, 2.45) is 0 Å². The molecule has 0 fully saturated rings. The summed E-state index contributed by atoms with van der Waals surface area (Å²) in [5.74, 6) is 0. The fraction of sp³-hybridized carbons (Fsp3) is 1.00. The Morgan fingerprint density at radius 1 is 0.308 bits per heavy atom. The molecule has 0 radical (unpaired) electrons. The lowest BCUT2D eigenvalue weighted by atomic mass is 10.1. The zero-order valence-corrected chi connectivity index (χ0v) is 18.4. The number of unbranched alkanes of at least 4 members (excludes halogenated alkanes) is 15. The van der Waals surface area contributed by atoms with Crippen LogP contribution in [0.5, 0.6) is 0 Å². The van der Waals surface area contributed by atoms with Crippen molar-refractivity contribution in [1.29, 1.82) is 0 Å². The van der Waals surface area contributed by atoms with Crippen LogP contribution in [0.25, 0.3) is 0 Å². The smallest absolute Gasteiger partial charge is 0.0466 e. The monoisotopic (exact) mass is 370 g/mol. The van der Waals surface area contributed by atoms with Crippen LogP contribution in [-0.4, -0.2) is 26.4 Å². The summed E-state index contributed by atoms with van der Waals surface area (Å²) >= 11 is 0. The van der Waals surface area contributed by atoms with Gasteiger partial charge in [0.2, 0.25) is 0 Å². The summed E-state index contributed by atoms with van der Waals surface area (Å²) in [5.41, 5.74) is 0. The number of rotatable bonds is 23. The van der Waals surface area contributed by atoms with Gasteiger partial charge in [-0.3, -0.25) is 0 Å². The van der Waals surface area contributed by atoms with Crippen molar-refractivity contribution < 1.29 is 9.47 Å². The molecule has 0 aromatic rings. The fourth-order valence-corrected chi connectivity index (χ4v) is 3.29. The Balaban J connectivity index is 2.95. The molecule has 0 heterocycles. The van der Waals surface area contributed by atoms with E-state index < -0.39 is 0 Å². The van der Waals surface area contributed by atoms with Gasteiger partial charge in [-0.25, -0.2) is 0 Å². The van der Waals surface area contributed by atoms with Crippen molar-refractivity contribution in [2.45, 2.75) is 129 Å². The van der Waals surface area contributed by atoms with Crippen molar-refractivity contribution in [2.75, 3.05) is 26.4 Å². The van der Waals surface area contributed by atoms with E-state index in [1.807, 2.05) is 0 Å². The van der Waals surface area contributed by atoms with E-state index in [9.17, 15) is 0 Å². The molecule has 0 unspecified atom stereocenters. The second-order valence-corrected chi connectivity index (χ2v) is 7.88. The highest BCUT2D eigenvalue weighted by Gasteiger charge is 1.95. The van der Waals surface area contributed by atoms with Crippen LogP contribution < -0.4 is 0 Å². The summed E-state index contributed by atoms with van der Waals surface area (Å²) in [4.78, 5) is 0. The standard InChI is InChI=1S/C24H50O2/c1-3-5-7-17-21-25-23-19-15-13-11-9-10-12-14-16-20-24-26-22-18-8-6-4-2/h3-24H2,1-2H3. The van der Waals surface area contributed by atoms with Gasteiger partial charge in [-0.1, -0.05) is 104 Å². The zero-order chi connectivity index (χ0) is 19.0. The quantitative estimate of drug-likeness (QED) is 0.169. The van der Waals surface area contributed by atoms with Gasteiger partial charge in [0.05, 0.1) is 0 Å². The minimum atomic E-state index is 0.976. The van der Waals surface area contributed by atoms with Crippen molar-refractivity contribution in [3.63, 3.8) is 0 Å². The van der Waals surface area contributed by atoms with Gasteiger partial charge in [-0.15, -0.1) is 0 Å². The molecular weight excluding hydrogens is 320 g/mol. The first-order valence-electron chi connectivity index (χ1n) is 12.1. The second-order valence-electron chi connectivity index (χ2n) is 7.88. The van der Waals surface area contributed by atoms with Crippen molar-refractivity contribution in [1.82, 2.24) is 0 Å². The topological polar surface area (TPSA) is 18.5 Å². The normalized spacial score (nSPS) is 11.3. The van der Waals surface area contributed by atoms with Crippen LogP contribution in [0, 0.1) is 0 Å². The van der Waals surface area contributed by atoms with E-state index in [1.54, 1.807) is 0 Å². The zero-order valence-electron chi connectivity index (χ0n) is 18.4. The Hall–Kier alpha value is -0.0800. The van der Waals surface area contributed by atoms with Crippen LogP contribution in [0.15, 0.2) is 0 Å². The molecule has 26 heavy (non-hydrogen) atoms. The van der Waals surface area contributed by atoms with Crippen LogP contribution in [0.3, 0.4) is 0 Å². The maximum atomic E-state index is 5.69. The molecule has 0 bridgehead atoms. The first-order chi connectivity index (χ1) is 12.9. The molecule has 0 aliphatic heterocycles. The van der Waals surface area contributed by atoms with E-state index in [-0.39, 0.29) is 0 Å². The molecule has 0 aromatic heterocycles. The van der Waals surface area contributed by atoms with E-state index in [0.29, 0.717) is 0 Å². The van der Waals surface area contributed by atoms with Crippen LogP contribution in [0.2, 0.25) is 0 Å². The highest BCUT2D eigenvalue weighted by Crippen LogP contribution is 2.11. The van der Waals surface area contributed by atoms with E-state index in [2.05, 4.69) is 13.8 Å². The third kappa shape index (κ3) is 23.9. The van der Waals surface area contributed by atoms with Crippen molar-refractivity contribution in [3.8, 4) is 0 Å².